The van der Waals surface area contributed by atoms with Gasteiger partial charge in [0.1, 0.15) is 9.88 Å². The van der Waals surface area contributed by atoms with E-state index in [1.54, 1.807) is 0 Å². The molecule has 0 aliphatic heterocycles. The summed E-state index contributed by atoms with van der Waals surface area (Å²) in [5, 5.41) is 0.542. The first-order valence-corrected chi connectivity index (χ1v) is 4.79. The lowest BCUT2D eigenvalue weighted by molar-refractivity contribution is -0.134. The van der Waals surface area contributed by atoms with Gasteiger partial charge in [-0.3, -0.25) is 0 Å². The second kappa shape index (κ2) is 5.26. The number of rotatable bonds is 3. The SMILES string of the molecule is COC(=O)C=Cc1ncc(C(=O)OC)s1. The summed E-state index contributed by atoms with van der Waals surface area (Å²) < 4.78 is 8.92. The molecule has 1 aromatic heterocycles. The van der Waals surface area contributed by atoms with Gasteiger partial charge in [0, 0.05) is 6.08 Å². The second-order valence-electron chi connectivity index (χ2n) is 2.41. The highest BCUT2D eigenvalue weighted by Gasteiger charge is 2.08. The summed E-state index contributed by atoms with van der Waals surface area (Å²) >= 11 is 1.14. The predicted octanol–water partition coefficient (Wildman–Crippen LogP) is 1.12. The number of hydrogen-bond acceptors (Lipinski definition) is 6. The molecule has 0 aliphatic carbocycles. The third-order valence-electron chi connectivity index (χ3n) is 1.47. The highest BCUT2D eigenvalue weighted by Crippen LogP contribution is 2.15. The van der Waals surface area contributed by atoms with Gasteiger partial charge < -0.3 is 9.47 Å². The molecule has 0 aliphatic rings. The van der Waals surface area contributed by atoms with Crippen molar-refractivity contribution in [1.82, 2.24) is 4.98 Å². The molecule has 5 nitrogen and oxygen atoms in total. The zero-order chi connectivity index (χ0) is 11.3. The van der Waals surface area contributed by atoms with E-state index in [0.29, 0.717) is 9.88 Å². The normalized spacial score (nSPS) is 10.3. The average Bonchev–Trinajstić information content (AvgIpc) is 2.73. The summed E-state index contributed by atoms with van der Waals surface area (Å²) in [7, 11) is 2.58. The molecule has 15 heavy (non-hydrogen) atoms. The van der Waals surface area contributed by atoms with Gasteiger partial charge in [0.15, 0.2) is 0 Å². The number of hydrogen-bond donors (Lipinski definition) is 0. The number of ether oxygens (including phenoxy) is 2. The van der Waals surface area contributed by atoms with E-state index in [-0.39, 0.29) is 0 Å². The summed E-state index contributed by atoms with van der Waals surface area (Å²) in [6.07, 6.45) is 4.11. The van der Waals surface area contributed by atoms with Crippen molar-refractivity contribution in [1.29, 1.82) is 0 Å². The maximum atomic E-state index is 11.1. The third kappa shape index (κ3) is 3.17. The summed E-state index contributed by atoms with van der Waals surface area (Å²) in [6.45, 7) is 0. The molecule has 6 heteroatoms. The minimum atomic E-state index is -0.468. The maximum Gasteiger partial charge on any atom is 0.349 e. The van der Waals surface area contributed by atoms with Crippen molar-refractivity contribution < 1.29 is 19.1 Å². The van der Waals surface area contributed by atoms with Crippen molar-refractivity contribution in [3.8, 4) is 0 Å². The number of carbonyl (C=O) groups excluding carboxylic acids is 2. The minimum Gasteiger partial charge on any atom is -0.466 e. The predicted molar refractivity (Wildman–Crippen MR) is 54.5 cm³/mol. The first-order chi connectivity index (χ1) is 7.17. The van der Waals surface area contributed by atoms with Gasteiger partial charge in [0.05, 0.1) is 20.4 Å². The Balaban J connectivity index is 2.72. The summed E-state index contributed by atoms with van der Waals surface area (Å²) in [4.78, 5) is 26.1. The van der Waals surface area contributed by atoms with Crippen LogP contribution in [0.25, 0.3) is 6.08 Å². The quantitative estimate of drug-likeness (QED) is 0.571. The molecule has 0 amide bonds. The first kappa shape index (κ1) is 11.4. The van der Waals surface area contributed by atoms with Crippen LogP contribution in [0.4, 0.5) is 0 Å². The fourth-order valence-corrected chi connectivity index (χ4v) is 1.51. The zero-order valence-corrected chi connectivity index (χ0v) is 9.04. The van der Waals surface area contributed by atoms with Crippen LogP contribution in [-0.2, 0) is 14.3 Å². The summed E-state index contributed by atoms with van der Waals surface area (Å²) in [6, 6.07) is 0. The lowest BCUT2D eigenvalue weighted by Crippen LogP contribution is -1.96. The van der Waals surface area contributed by atoms with E-state index in [1.807, 2.05) is 0 Å². The molecule has 0 saturated heterocycles. The lowest BCUT2D eigenvalue weighted by Gasteiger charge is -1.90. The number of nitrogens with zero attached hydrogens (tertiary/aromatic N) is 1. The van der Waals surface area contributed by atoms with Gasteiger partial charge in [-0.05, 0) is 6.08 Å². The number of carbonyl (C=O) groups is 2. The van der Waals surface area contributed by atoms with Crippen LogP contribution in [0.3, 0.4) is 0 Å². The number of aromatic nitrogens is 1. The Morgan fingerprint density at radius 3 is 2.73 bits per heavy atom. The standard InChI is InChI=1S/C9H9NO4S/c1-13-8(11)4-3-7-10-5-6(15-7)9(12)14-2/h3-5H,1-2H3. The van der Waals surface area contributed by atoms with E-state index in [0.717, 1.165) is 11.3 Å². The van der Waals surface area contributed by atoms with Crippen molar-refractivity contribution in [3.05, 3.63) is 22.2 Å². The molecular weight excluding hydrogens is 218 g/mol. The molecule has 0 saturated carbocycles. The molecule has 1 aromatic rings. The number of methoxy groups -OCH3 is 2. The lowest BCUT2D eigenvalue weighted by atomic mass is 10.5. The molecule has 0 bridgehead atoms. The van der Waals surface area contributed by atoms with Crippen LogP contribution in [0.2, 0.25) is 0 Å². The van der Waals surface area contributed by atoms with Crippen LogP contribution in [0, 0.1) is 0 Å². The smallest absolute Gasteiger partial charge is 0.349 e. The van der Waals surface area contributed by atoms with Gasteiger partial charge in [-0.25, -0.2) is 14.6 Å². The van der Waals surface area contributed by atoms with Gasteiger partial charge in [-0.15, -0.1) is 11.3 Å². The maximum absolute atomic E-state index is 11.1. The van der Waals surface area contributed by atoms with Crippen LogP contribution in [0.1, 0.15) is 14.7 Å². The monoisotopic (exact) mass is 227 g/mol. The molecule has 1 rings (SSSR count). The molecule has 0 unspecified atom stereocenters. The van der Waals surface area contributed by atoms with Crippen LogP contribution in [0.15, 0.2) is 12.3 Å². The fourth-order valence-electron chi connectivity index (χ4n) is 0.767. The van der Waals surface area contributed by atoms with Gasteiger partial charge in [0.2, 0.25) is 0 Å². The molecule has 80 valence electrons. The van der Waals surface area contributed by atoms with Gasteiger partial charge in [0.25, 0.3) is 0 Å². The van der Waals surface area contributed by atoms with Crippen LogP contribution >= 0.6 is 11.3 Å². The molecule has 0 fully saturated rings. The molecule has 0 spiro atoms. The Kier molecular flexibility index (Phi) is 3.99. The van der Waals surface area contributed by atoms with Crippen molar-refractivity contribution in [3.63, 3.8) is 0 Å². The van der Waals surface area contributed by atoms with Gasteiger partial charge >= 0.3 is 11.9 Å². The second-order valence-corrected chi connectivity index (χ2v) is 3.47. The van der Waals surface area contributed by atoms with Crippen LogP contribution < -0.4 is 0 Å². The van der Waals surface area contributed by atoms with Gasteiger partial charge in [-0.2, -0.15) is 0 Å². The third-order valence-corrected chi connectivity index (χ3v) is 2.42. The molecule has 0 atom stereocenters. The van der Waals surface area contributed by atoms with Crippen molar-refractivity contribution >= 4 is 29.4 Å². The Bertz CT molecular complexity index is 397. The zero-order valence-electron chi connectivity index (χ0n) is 8.22. The van der Waals surface area contributed by atoms with Crippen LogP contribution in [-0.4, -0.2) is 31.1 Å². The Morgan fingerprint density at radius 2 is 2.13 bits per heavy atom. The average molecular weight is 227 g/mol. The first-order valence-electron chi connectivity index (χ1n) is 3.97. The van der Waals surface area contributed by atoms with E-state index >= 15 is 0 Å². The molecule has 0 aromatic carbocycles. The number of esters is 2. The van der Waals surface area contributed by atoms with E-state index in [4.69, 9.17) is 0 Å². The van der Waals surface area contributed by atoms with E-state index in [9.17, 15) is 9.59 Å². The fraction of sp³-hybridized carbons (Fsp3) is 0.222. The van der Waals surface area contributed by atoms with Crippen molar-refractivity contribution in [2.45, 2.75) is 0 Å². The molecule has 1 heterocycles. The van der Waals surface area contributed by atoms with E-state index < -0.39 is 11.9 Å². The highest BCUT2D eigenvalue weighted by molar-refractivity contribution is 7.14. The molecular formula is C9H9NO4S. The topological polar surface area (TPSA) is 65.5 Å². The van der Waals surface area contributed by atoms with Crippen molar-refractivity contribution in [2.75, 3.05) is 14.2 Å². The highest BCUT2D eigenvalue weighted by atomic mass is 32.1. The number of thiazole rings is 1. The Labute approximate surface area is 90.3 Å². The largest absolute Gasteiger partial charge is 0.466 e. The molecule has 0 N–H and O–H groups in total. The summed E-state index contributed by atoms with van der Waals surface area (Å²) in [5.74, 6) is -0.907. The Morgan fingerprint density at radius 1 is 1.40 bits per heavy atom. The minimum absolute atomic E-state index is 0.391. The van der Waals surface area contributed by atoms with E-state index in [2.05, 4.69) is 14.5 Å². The van der Waals surface area contributed by atoms with Gasteiger partial charge in [-0.1, -0.05) is 0 Å². The summed E-state index contributed by atoms with van der Waals surface area (Å²) in [5.41, 5.74) is 0. The Hall–Kier alpha value is -1.69. The van der Waals surface area contributed by atoms with Crippen molar-refractivity contribution in [2.24, 2.45) is 0 Å². The molecule has 0 radical (unpaired) electrons. The van der Waals surface area contributed by atoms with Crippen LogP contribution in [0.5, 0.6) is 0 Å². The van der Waals surface area contributed by atoms with E-state index in [1.165, 1.54) is 32.6 Å².